The number of anilines is 1. The van der Waals surface area contributed by atoms with E-state index in [9.17, 15) is 18.0 Å². The maximum absolute atomic E-state index is 14.5. The Labute approximate surface area is 279 Å². The third kappa shape index (κ3) is 8.58. The zero-order valence-corrected chi connectivity index (χ0v) is 28.0. The molecule has 0 unspecified atom stereocenters. The molecular formula is C34H34Cl3N3O4S. The molecule has 2 atom stereocenters. The molecule has 1 N–H and O–H groups in total. The molecule has 0 spiro atoms. The number of nitrogens with zero attached hydrogens (tertiary/aromatic N) is 2. The summed E-state index contributed by atoms with van der Waals surface area (Å²) in [5.74, 6) is -1.00. The van der Waals surface area contributed by atoms with Gasteiger partial charge in [0.25, 0.3) is 10.0 Å². The Balaban J connectivity index is 1.84. The Hall–Kier alpha value is -3.56. The van der Waals surface area contributed by atoms with Crippen molar-refractivity contribution in [1.29, 1.82) is 0 Å². The van der Waals surface area contributed by atoms with Crippen LogP contribution >= 0.6 is 34.8 Å². The van der Waals surface area contributed by atoms with Gasteiger partial charge < -0.3 is 10.2 Å². The molecule has 11 heteroatoms. The minimum Gasteiger partial charge on any atom is -0.352 e. The van der Waals surface area contributed by atoms with Crippen LogP contribution in [0.15, 0.2) is 108 Å². The van der Waals surface area contributed by atoms with Crippen molar-refractivity contribution in [3.05, 3.63) is 129 Å². The van der Waals surface area contributed by atoms with Crippen LogP contribution in [0.4, 0.5) is 5.69 Å². The lowest BCUT2D eigenvalue weighted by molar-refractivity contribution is -0.140. The first-order valence-corrected chi connectivity index (χ1v) is 17.0. The van der Waals surface area contributed by atoms with Crippen LogP contribution in [0.3, 0.4) is 0 Å². The van der Waals surface area contributed by atoms with E-state index in [1.807, 2.05) is 44.2 Å². The summed E-state index contributed by atoms with van der Waals surface area (Å²) in [5.41, 5.74) is 1.45. The van der Waals surface area contributed by atoms with E-state index >= 15 is 0 Å². The summed E-state index contributed by atoms with van der Waals surface area (Å²) in [6, 6.07) is 27.5. The first-order chi connectivity index (χ1) is 21.5. The van der Waals surface area contributed by atoms with Gasteiger partial charge in [0, 0.05) is 24.0 Å². The largest absolute Gasteiger partial charge is 0.352 e. The molecule has 0 aliphatic carbocycles. The summed E-state index contributed by atoms with van der Waals surface area (Å²) in [6.45, 7) is 3.12. The van der Waals surface area contributed by atoms with Gasteiger partial charge in [0.15, 0.2) is 0 Å². The Morgan fingerprint density at radius 2 is 1.40 bits per heavy atom. The lowest BCUT2D eigenvalue weighted by atomic mass is 10.0. The van der Waals surface area contributed by atoms with Crippen LogP contribution in [0, 0.1) is 0 Å². The molecule has 0 saturated heterocycles. The summed E-state index contributed by atoms with van der Waals surface area (Å²) in [6.07, 6.45) is 0.862. The lowest BCUT2D eigenvalue weighted by Gasteiger charge is -2.34. The number of rotatable bonds is 13. The minimum absolute atomic E-state index is 0.0283. The maximum Gasteiger partial charge on any atom is 0.264 e. The van der Waals surface area contributed by atoms with Crippen molar-refractivity contribution in [2.75, 3.05) is 10.8 Å². The first kappa shape index (κ1) is 34.3. The molecule has 0 saturated carbocycles. The van der Waals surface area contributed by atoms with Crippen molar-refractivity contribution in [3.8, 4) is 0 Å². The van der Waals surface area contributed by atoms with Gasteiger partial charge >= 0.3 is 0 Å². The van der Waals surface area contributed by atoms with Crippen molar-refractivity contribution < 1.29 is 18.0 Å². The zero-order valence-electron chi connectivity index (χ0n) is 24.9. The highest BCUT2D eigenvalue weighted by molar-refractivity contribution is 7.92. The number of benzene rings is 4. The molecule has 4 aromatic carbocycles. The van der Waals surface area contributed by atoms with Gasteiger partial charge in [-0.3, -0.25) is 13.9 Å². The van der Waals surface area contributed by atoms with Crippen LogP contribution < -0.4 is 9.62 Å². The Morgan fingerprint density at radius 1 is 0.800 bits per heavy atom. The number of hydrogen-bond acceptors (Lipinski definition) is 4. The van der Waals surface area contributed by atoms with Crippen molar-refractivity contribution in [2.24, 2.45) is 0 Å². The van der Waals surface area contributed by atoms with E-state index in [0.717, 1.165) is 9.87 Å². The predicted molar refractivity (Wildman–Crippen MR) is 181 cm³/mol. The van der Waals surface area contributed by atoms with Crippen molar-refractivity contribution >= 4 is 62.3 Å². The number of carbonyl (C=O) groups is 2. The fourth-order valence-electron chi connectivity index (χ4n) is 4.72. The average Bonchev–Trinajstić information content (AvgIpc) is 3.04. The molecule has 0 heterocycles. The quantitative estimate of drug-likeness (QED) is 0.159. The minimum atomic E-state index is -4.31. The number of hydrogen-bond donors (Lipinski definition) is 1. The maximum atomic E-state index is 14.5. The fourth-order valence-corrected chi connectivity index (χ4v) is 6.81. The zero-order chi connectivity index (χ0) is 32.6. The van der Waals surface area contributed by atoms with Crippen LogP contribution in [0.1, 0.15) is 31.4 Å². The van der Waals surface area contributed by atoms with E-state index in [0.29, 0.717) is 17.0 Å². The number of nitrogens with one attached hydrogen (secondary N) is 1. The number of sulfonamides is 1. The predicted octanol–water partition coefficient (Wildman–Crippen LogP) is 7.40. The third-order valence-electron chi connectivity index (χ3n) is 7.38. The number of halogens is 3. The highest BCUT2D eigenvalue weighted by Gasteiger charge is 2.36. The van der Waals surface area contributed by atoms with Gasteiger partial charge in [-0.25, -0.2) is 8.42 Å². The van der Waals surface area contributed by atoms with Crippen molar-refractivity contribution in [2.45, 2.75) is 50.2 Å². The topological polar surface area (TPSA) is 86.8 Å². The van der Waals surface area contributed by atoms with Gasteiger partial charge in [-0.1, -0.05) is 115 Å². The van der Waals surface area contributed by atoms with E-state index in [4.69, 9.17) is 34.8 Å². The molecule has 0 aliphatic rings. The van der Waals surface area contributed by atoms with Gasteiger partial charge in [0.05, 0.1) is 20.6 Å². The highest BCUT2D eigenvalue weighted by Crippen LogP contribution is 2.35. The van der Waals surface area contributed by atoms with Crippen LogP contribution in [-0.4, -0.2) is 43.8 Å². The van der Waals surface area contributed by atoms with Gasteiger partial charge in [0.2, 0.25) is 11.8 Å². The molecular weight excluding hydrogens is 653 g/mol. The third-order valence-corrected chi connectivity index (χ3v) is 10.3. The van der Waals surface area contributed by atoms with Crippen molar-refractivity contribution in [3.63, 3.8) is 0 Å². The molecule has 0 bridgehead atoms. The molecule has 0 aliphatic heterocycles. The molecule has 0 aromatic heterocycles. The standard InChI is InChI=1S/C34H34Cl3N3O4S/c1-3-24(2)38-34(42)31(21-25-13-6-4-7-14-25)39(22-26-15-10-11-18-28(26)35)32(41)23-40(30-20-12-19-29(36)33(30)37)45(43,44)27-16-8-5-9-17-27/h4-20,24,31H,3,21-23H2,1-2H3,(H,38,42)/t24-,31+/m1/s1. The second-order valence-electron chi connectivity index (χ2n) is 10.5. The van der Waals surface area contributed by atoms with Crippen LogP contribution in [0.2, 0.25) is 15.1 Å². The SMILES string of the molecule is CC[C@@H](C)NC(=O)[C@H](Cc1ccccc1)N(Cc1ccccc1Cl)C(=O)CN(c1cccc(Cl)c1Cl)S(=O)(=O)c1ccccc1. The molecule has 4 aromatic rings. The van der Waals surface area contributed by atoms with E-state index in [1.54, 1.807) is 48.5 Å². The Kier molecular flexibility index (Phi) is 11.9. The molecule has 45 heavy (non-hydrogen) atoms. The molecule has 2 amide bonds. The molecule has 236 valence electrons. The molecule has 0 radical (unpaired) electrons. The van der Waals surface area contributed by atoms with Crippen LogP contribution in [0.5, 0.6) is 0 Å². The average molecular weight is 687 g/mol. The van der Waals surface area contributed by atoms with Crippen LogP contribution in [0.25, 0.3) is 0 Å². The van der Waals surface area contributed by atoms with E-state index < -0.39 is 28.5 Å². The van der Waals surface area contributed by atoms with Gasteiger partial charge in [-0.05, 0) is 54.8 Å². The Morgan fingerprint density at radius 3 is 2.04 bits per heavy atom. The summed E-state index contributed by atoms with van der Waals surface area (Å²) in [7, 11) is -4.31. The second kappa shape index (κ2) is 15.6. The van der Waals surface area contributed by atoms with Crippen molar-refractivity contribution in [1.82, 2.24) is 10.2 Å². The Bertz CT molecular complexity index is 1720. The van der Waals surface area contributed by atoms with Gasteiger partial charge in [0.1, 0.15) is 12.6 Å². The fraction of sp³-hybridized carbons (Fsp3) is 0.235. The second-order valence-corrected chi connectivity index (χ2v) is 13.6. The smallest absolute Gasteiger partial charge is 0.264 e. The van der Waals surface area contributed by atoms with Gasteiger partial charge in [-0.2, -0.15) is 0 Å². The normalized spacial score (nSPS) is 12.6. The molecule has 0 fully saturated rings. The van der Waals surface area contributed by atoms with E-state index in [1.165, 1.54) is 29.2 Å². The lowest BCUT2D eigenvalue weighted by Crippen LogP contribution is -2.54. The van der Waals surface area contributed by atoms with Gasteiger partial charge in [-0.15, -0.1) is 0 Å². The number of carbonyl (C=O) groups excluding carboxylic acids is 2. The summed E-state index contributed by atoms with van der Waals surface area (Å²) in [5, 5.41) is 3.51. The molecule has 7 nitrogen and oxygen atoms in total. The van der Waals surface area contributed by atoms with E-state index in [2.05, 4.69) is 5.32 Å². The summed E-state index contributed by atoms with van der Waals surface area (Å²) < 4.78 is 29.1. The first-order valence-electron chi connectivity index (χ1n) is 14.4. The summed E-state index contributed by atoms with van der Waals surface area (Å²) in [4.78, 5) is 29.8. The van der Waals surface area contributed by atoms with Crippen LogP contribution in [-0.2, 0) is 32.6 Å². The monoisotopic (exact) mass is 685 g/mol. The van der Waals surface area contributed by atoms with E-state index in [-0.39, 0.29) is 45.5 Å². The number of amides is 2. The highest BCUT2D eigenvalue weighted by atomic mass is 35.5. The molecule has 4 rings (SSSR count). The summed E-state index contributed by atoms with van der Waals surface area (Å²) >= 11 is 19.4.